The zero-order valence-electron chi connectivity index (χ0n) is 26.4. The van der Waals surface area contributed by atoms with Crippen LogP contribution in [0.3, 0.4) is 0 Å². The van der Waals surface area contributed by atoms with Crippen LogP contribution in [-0.2, 0) is 0 Å². The molecule has 0 saturated carbocycles. The number of carbonyl (C=O) groups is 1. The van der Waals surface area contributed by atoms with Crippen molar-refractivity contribution in [1.29, 1.82) is 0 Å². The molecule has 7 N–H and O–H groups in total. The van der Waals surface area contributed by atoms with Gasteiger partial charge in [0, 0.05) is 33.9 Å². The number of nitrogens with two attached hydrogens (primary N) is 2. The van der Waals surface area contributed by atoms with Crippen LogP contribution in [-0.4, -0.2) is 34.3 Å². The number of benzene rings is 6. The Kier molecular flexibility index (Phi) is 10.4. The van der Waals surface area contributed by atoms with Crippen molar-refractivity contribution in [2.45, 2.75) is 0 Å². The molecule has 1 amide bonds. The summed E-state index contributed by atoms with van der Waals surface area (Å²) in [6.07, 6.45) is 0. The summed E-state index contributed by atoms with van der Waals surface area (Å²) >= 11 is 0. The number of amides is 1. The van der Waals surface area contributed by atoms with Gasteiger partial charge in [0.15, 0.2) is 17.4 Å². The number of oxime groups is 1. The molecule has 11 heteroatoms. The van der Waals surface area contributed by atoms with Crippen LogP contribution in [0.2, 0.25) is 0 Å². The minimum Gasteiger partial charge on any atom is -0.508 e. The van der Waals surface area contributed by atoms with Gasteiger partial charge >= 0.3 is 0 Å². The van der Waals surface area contributed by atoms with Gasteiger partial charge in [0.2, 0.25) is 5.91 Å². The van der Waals surface area contributed by atoms with Crippen molar-refractivity contribution >= 4 is 11.7 Å². The van der Waals surface area contributed by atoms with E-state index in [4.69, 9.17) is 21.4 Å². The molecule has 252 valence electrons. The van der Waals surface area contributed by atoms with Crippen molar-refractivity contribution in [3.63, 3.8) is 0 Å². The standard InChI is InChI=1S/C20H17FN2O3.C19H13F2NO2/c1-26-19-15(5-3-7-17(19)21)18-14(12-8-10-13(24)11-9-12)4-2-6-16(18)20(22)23-25;20-13-8-12(9-14(21)10-13)18-16(2-1-3-17(18)19(22)24)11-4-6-15(23)7-5-11/h2-11,24-25H,1H3,(H2,22,23);1-10,23H,(H2,22,24). The molecule has 0 saturated heterocycles. The molecule has 0 spiro atoms. The number of ether oxygens (including phenoxy) is 1. The number of halogens is 3. The summed E-state index contributed by atoms with van der Waals surface area (Å²) in [5, 5.41) is 31.2. The van der Waals surface area contributed by atoms with Crippen molar-refractivity contribution < 1.29 is 38.1 Å². The van der Waals surface area contributed by atoms with Crippen LogP contribution < -0.4 is 16.2 Å². The molecule has 6 aromatic rings. The third kappa shape index (κ3) is 7.37. The van der Waals surface area contributed by atoms with Crippen LogP contribution in [0.4, 0.5) is 13.2 Å². The van der Waals surface area contributed by atoms with Crippen molar-refractivity contribution in [3.05, 3.63) is 150 Å². The molecule has 50 heavy (non-hydrogen) atoms. The first-order valence-electron chi connectivity index (χ1n) is 14.9. The second kappa shape index (κ2) is 15.0. The van der Waals surface area contributed by atoms with E-state index in [0.29, 0.717) is 33.4 Å². The van der Waals surface area contributed by atoms with Crippen LogP contribution in [0.25, 0.3) is 44.5 Å². The smallest absolute Gasteiger partial charge is 0.249 e. The van der Waals surface area contributed by atoms with Gasteiger partial charge in [-0.05, 0) is 76.3 Å². The number of phenols is 2. The molecule has 6 aromatic carbocycles. The minimum absolute atomic E-state index is 0.0609. The Hall–Kier alpha value is -6.75. The van der Waals surface area contributed by atoms with E-state index in [-0.39, 0.29) is 34.2 Å². The van der Waals surface area contributed by atoms with Crippen molar-refractivity contribution in [3.8, 4) is 61.8 Å². The predicted molar refractivity (Wildman–Crippen MR) is 185 cm³/mol. The monoisotopic (exact) mass is 677 g/mol. The number of methoxy groups -OCH3 is 1. The molecular formula is C39H30F3N3O5. The summed E-state index contributed by atoms with van der Waals surface area (Å²) in [7, 11) is 1.38. The van der Waals surface area contributed by atoms with Gasteiger partial charge in [-0.15, -0.1) is 0 Å². The molecule has 0 atom stereocenters. The number of carbonyl (C=O) groups excluding carboxylic acids is 1. The first-order chi connectivity index (χ1) is 24.0. The van der Waals surface area contributed by atoms with Crippen molar-refractivity contribution in [2.24, 2.45) is 16.6 Å². The largest absolute Gasteiger partial charge is 0.508 e. The fourth-order valence-electron chi connectivity index (χ4n) is 5.55. The van der Waals surface area contributed by atoms with Gasteiger partial charge in [-0.2, -0.15) is 0 Å². The highest BCUT2D eigenvalue weighted by Crippen LogP contribution is 2.41. The zero-order chi connectivity index (χ0) is 35.9. The first-order valence-corrected chi connectivity index (χ1v) is 14.9. The predicted octanol–water partition coefficient (Wildman–Crippen LogP) is 8.07. The third-order valence-corrected chi connectivity index (χ3v) is 7.73. The van der Waals surface area contributed by atoms with Gasteiger partial charge in [-0.1, -0.05) is 71.9 Å². The van der Waals surface area contributed by atoms with Crippen molar-refractivity contribution in [2.75, 3.05) is 7.11 Å². The lowest BCUT2D eigenvalue weighted by molar-refractivity contribution is 0.100. The van der Waals surface area contributed by atoms with E-state index < -0.39 is 23.4 Å². The number of hydrogen-bond donors (Lipinski definition) is 5. The number of primary amides is 1. The Morgan fingerprint density at radius 3 is 1.60 bits per heavy atom. The maximum absolute atomic E-state index is 14.3. The van der Waals surface area contributed by atoms with Gasteiger partial charge in [-0.25, -0.2) is 13.2 Å². The first kappa shape index (κ1) is 34.6. The van der Waals surface area contributed by atoms with Crippen LogP contribution in [0.5, 0.6) is 17.2 Å². The highest BCUT2D eigenvalue weighted by atomic mass is 19.1. The molecule has 0 heterocycles. The van der Waals surface area contributed by atoms with Gasteiger partial charge in [0.1, 0.15) is 23.1 Å². The molecular weight excluding hydrogens is 647 g/mol. The number of nitrogens with zero attached hydrogens (tertiary/aromatic N) is 1. The van der Waals surface area contributed by atoms with E-state index in [2.05, 4.69) is 5.16 Å². The molecule has 8 nitrogen and oxygen atoms in total. The lowest BCUT2D eigenvalue weighted by Crippen LogP contribution is -2.15. The van der Waals surface area contributed by atoms with E-state index in [9.17, 15) is 28.2 Å². The number of rotatable bonds is 7. The Labute approximate surface area is 285 Å². The number of hydrogen-bond acceptors (Lipinski definition) is 6. The van der Waals surface area contributed by atoms with Crippen LogP contribution >= 0.6 is 0 Å². The molecule has 6 rings (SSSR count). The molecule has 0 bridgehead atoms. The Bertz CT molecular complexity index is 2190. The number of phenolic OH excluding ortho intramolecular Hbond substituents is 2. The maximum atomic E-state index is 14.3. The van der Waals surface area contributed by atoms with Crippen molar-refractivity contribution in [1.82, 2.24) is 0 Å². The Morgan fingerprint density at radius 2 is 1.10 bits per heavy atom. The Morgan fingerprint density at radius 1 is 0.620 bits per heavy atom. The summed E-state index contributed by atoms with van der Waals surface area (Å²) in [6, 6.07) is 30.6. The molecule has 0 fully saturated rings. The Balaban J connectivity index is 0.000000195. The molecule has 0 aromatic heterocycles. The minimum atomic E-state index is -0.749. The van der Waals surface area contributed by atoms with E-state index >= 15 is 0 Å². The molecule has 0 aliphatic carbocycles. The second-order valence-electron chi connectivity index (χ2n) is 10.9. The fraction of sp³-hybridized carbons (Fsp3) is 0.0256. The number of amidine groups is 1. The molecule has 0 radical (unpaired) electrons. The van der Waals surface area contributed by atoms with Gasteiger partial charge in [0.25, 0.3) is 0 Å². The van der Waals surface area contributed by atoms with E-state index in [0.717, 1.165) is 29.3 Å². The summed E-state index contributed by atoms with van der Waals surface area (Å²) in [5.41, 5.74) is 16.2. The lowest BCUT2D eigenvalue weighted by Gasteiger charge is -2.17. The zero-order valence-corrected chi connectivity index (χ0v) is 26.4. The topological polar surface area (TPSA) is 151 Å². The molecule has 0 unspecified atom stereocenters. The van der Waals surface area contributed by atoms with Crippen LogP contribution in [0.1, 0.15) is 15.9 Å². The van der Waals surface area contributed by atoms with Gasteiger partial charge < -0.3 is 31.6 Å². The van der Waals surface area contributed by atoms with Crippen LogP contribution in [0, 0.1) is 17.5 Å². The van der Waals surface area contributed by atoms with E-state index in [1.54, 1.807) is 72.8 Å². The van der Waals surface area contributed by atoms with E-state index in [1.165, 1.54) is 31.4 Å². The SMILES string of the molecule is COc1c(F)cccc1-c1c(C(N)=NO)cccc1-c1ccc(O)cc1.NC(=O)c1cccc(-c2ccc(O)cc2)c1-c1cc(F)cc(F)c1. The van der Waals surface area contributed by atoms with E-state index in [1.807, 2.05) is 6.07 Å². The number of aromatic hydroxyl groups is 2. The quantitative estimate of drug-likeness (QED) is 0.0499. The highest BCUT2D eigenvalue weighted by Gasteiger charge is 2.21. The lowest BCUT2D eigenvalue weighted by atomic mass is 9.89. The van der Waals surface area contributed by atoms with Gasteiger partial charge in [-0.3, -0.25) is 4.79 Å². The average molecular weight is 678 g/mol. The summed E-state index contributed by atoms with van der Waals surface area (Å²) < 4.78 is 46.8. The van der Waals surface area contributed by atoms with Crippen LogP contribution in [0.15, 0.2) is 126 Å². The third-order valence-electron chi connectivity index (χ3n) is 7.73. The second-order valence-corrected chi connectivity index (χ2v) is 10.9. The highest BCUT2D eigenvalue weighted by molar-refractivity contribution is 6.07. The van der Waals surface area contributed by atoms with Gasteiger partial charge in [0.05, 0.1) is 7.11 Å². The normalized spacial score (nSPS) is 11.0. The molecule has 0 aliphatic heterocycles. The summed E-state index contributed by atoms with van der Waals surface area (Å²) in [4.78, 5) is 11.8. The fourth-order valence-corrected chi connectivity index (χ4v) is 5.55. The average Bonchev–Trinajstić information content (AvgIpc) is 3.11. The maximum Gasteiger partial charge on any atom is 0.249 e. The number of para-hydroxylation sites is 1. The summed E-state index contributed by atoms with van der Waals surface area (Å²) in [6.45, 7) is 0. The summed E-state index contributed by atoms with van der Waals surface area (Å²) in [5.74, 6) is -2.54. The molecule has 0 aliphatic rings.